The van der Waals surface area contributed by atoms with Crippen LogP contribution < -0.4 is 9.62 Å². The molecule has 1 aromatic rings. The molecule has 0 fully saturated rings. The molecule has 0 aromatic heterocycles. The number of benzene rings is 1. The number of carbonyl (C=O) groups is 1. The van der Waals surface area contributed by atoms with E-state index in [2.05, 4.69) is 5.32 Å². The highest BCUT2D eigenvalue weighted by atomic mass is 32.2. The van der Waals surface area contributed by atoms with Crippen molar-refractivity contribution in [1.82, 2.24) is 5.32 Å². The van der Waals surface area contributed by atoms with Crippen LogP contribution in [0.25, 0.3) is 0 Å². The fourth-order valence-corrected chi connectivity index (χ4v) is 3.03. The van der Waals surface area contributed by atoms with Gasteiger partial charge in [-0.15, -0.1) is 0 Å². The highest BCUT2D eigenvalue weighted by Gasteiger charge is 2.22. The smallest absolute Gasteiger partial charge is 0.240 e. The van der Waals surface area contributed by atoms with E-state index in [1.807, 2.05) is 26.8 Å². The Labute approximate surface area is 138 Å². The first-order chi connectivity index (χ1) is 10.8. The molecule has 6 nitrogen and oxygen atoms in total. The minimum Gasteiger partial charge on any atom is -0.382 e. The number of sulfonamides is 1. The lowest BCUT2D eigenvalue weighted by atomic mass is 10.1. The number of nitrogens with zero attached hydrogens (tertiary/aromatic N) is 1. The van der Waals surface area contributed by atoms with Gasteiger partial charge in [-0.05, 0) is 44.4 Å². The first-order valence-electron chi connectivity index (χ1n) is 7.65. The van der Waals surface area contributed by atoms with Gasteiger partial charge < -0.3 is 10.1 Å². The quantitative estimate of drug-likeness (QED) is 0.692. The fourth-order valence-electron chi connectivity index (χ4n) is 2.12. The Morgan fingerprint density at radius 3 is 2.61 bits per heavy atom. The molecule has 0 bridgehead atoms. The van der Waals surface area contributed by atoms with Crippen molar-refractivity contribution in [2.45, 2.75) is 27.2 Å². The average Bonchev–Trinajstić information content (AvgIpc) is 2.47. The van der Waals surface area contributed by atoms with Crippen molar-refractivity contribution in [1.29, 1.82) is 0 Å². The van der Waals surface area contributed by atoms with Gasteiger partial charge in [-0.25, -0.2) is 8.42 Å². The number of hydrogen-bond acceptors (Lipinski definition) is 4. The maximum Gasteiger partial charge on any atom is 0.240 e. The minimum atomic E-state index is -3.54. The van der Waals surface area contributed by atoms with E-state index in [1.54, 1.807) is 12.1 Å². The standard InChI is InChI=1S/C16H26N2O4S/c1-5-22-11-7-10-17-16(19)12-18(23(4,20)21)15-9-6-8-13(2)14(15)3/h6,8-9H,5,7,10-12H2,1-4H3,(H,17,19). The first kappa shape index (κ1) is 19.4. The number of aryl methyl sites for hydroxylation is 1. The number of hydrogen-bond donors (Lipinski definition) is 1. The van der Waals surface area contributed by atoms with Crippen LogP contribution in [0.5, 0.6) is 0 Å². The van der Waals surface area contributed by atoms with Crippen LogP contribution in [-0.2, 0) is 19.6 Å². The molecule has 0 saturated carbocycles. The summed E-state index contributed by atoms with van der Waals surface area (Å²) in [5, 5.41) is 2.72. The van der Waals surface area contributed by atoms with Gasteiger partial charge in [0.25, 0.3) is 0 Å². The van der Waals surface area contributed by atoms with Crippen LogP contribution in [0.1, 0.15) is 24.5 Å². The summed E-state index contributed by atoms with van der Waals surface area (Å²) in [6, 6.07) is 5.41. The zero-order chi connectivity index (χ0) is 17.5. The SMILES string of the molecule is CCOCCCNC(=O)CN(c1cccc(C)c1C)S(C)(=O)=O. The van der Waals surface area contributed by atoms with Gasteiger partial charge in [-0.1, -0.05) is 12.1 Å². The lowest BCUT2D eigenvalue weighted by Gasteiger charge is -2.24. The number of anilines is 1. The zero-order valence-electron chi connectivity index (χ0n) is 14.3. The molecular formula is C16H26N2O4S. The molecule has 1 amide bonds. The maximum atomic E-state index is 12.1. The molecule has 1 aromatic carbocycles. The number of rotatable bonds is 9. The third kappa shape index (κ3) is 6.19. The van der Waals surface area contributed by atoms with E-state index in [0.717, 1.165) is 21.7 Å². The van der Waals surface area contributed by atoms with Crippen LogP contribution in [0, 0.1) is 13.8 Å². The second-order valence-corrected chi connectivity index (χ2v) is 7.30. The molecule has 0 unspecified atom stereocenters. The molecule has 0 heterocycles. The number of ether oxygens (including phenoxy) is 1. The highest BCUT2D eigenvalue weighted by Crippen LogP contribution is 2.24. The van der Waals surface area contributed by atoms with Gasteiger partial charge in [0.2, 0.25) is 15.9 Å². The molecule has 1 rings (SSSR count). The molecule has 0 aliphatic heterocycles. The predicted molar refractivity (Wildman–Crippen MR) is 92.2 cm³/mol. The molecule has 0 aliphatic carbocycles. The van der Waals surface area contributed by atoms with E-state index in [9.17, 15) is 13.2 Å². The van der Waals surface area contributed by atoms with Gasteiger partial charge in [-0.2, -0.15) is 0 Å². The average molecular weight is 342 g/mol. The maximum absolute atomic E-state index is 12.1. The van der Waals surface area contributed by atoms with E-state index in [4.69, 9.17) is 4.74 Å². The zero-order valence-corrected chi connectivity index (χ0v) is 15.1. The molecule has 1 N–H and O–H groups in total. The lowest BCUT2D eigenvalue weighted by molar-refractivity contribution is -0.119. The van der Waals surface area contributed by atoms with E-state index >= 15 is 0 Å². The summed E-state index contributed by atoms with van der Waals surface area (Å²) in [6.45, 7) is 7.12. The molecule has 23 heavy (non-hydrogen) atoms. The summed E-state index contributed by atoms with van der Waals surface area (Å²) in [7, 11) is -3.54. The highest BCUT2D eigenvalue weighted by molar-refractivity contribution is 7.92. The van der Waals surface area contributed by atoms with Gasteiger partial charge in [0.15, 0.2) is 0 Å². The van der Waals surface area contributed by atoms with Gasteiger partial charge in [-0.3, -0.25) is 9.10 Å². The van der Waals surface area contributed by atoms with Crippen LogP contribution in [0.2, 0.25) is 0 Å². The molecule has 130 valence electrons. The van der Waals surface area contributed by atoms with Crippen molar-refractivity contribution in [2.24, 2.45) is 0 Å². The van der Waals surface area contributed by atoms with Crippen molar-refractivity contribution in [3.63, 3.8) is 0 Å². The van der Waals surface area contributed by atoms with E-state index in [1.165, 1.54) is 0 Å². The summed E-state index contributed by atoms with van der Waals surface area (Å²) in [5.41, 5.74) is 2.37. The molecule has 7 heteroatoms. The van der Waals surface area contributed by atoms with Crippen LogP contribution in [-0.4, -0.2) is 46.9 Å². The normalized spacial score (nSPS) is 11.3. The van der Waals surface area contributed by atoms with Gasteiger partial charge in [0, 0.05) is 19.8 Å². The van der Waals surface area contributed by atoms with Gasteiger partial charge >= 0.3 is 0 Å². The minimum absolute atomic E-state index is 0.224. The summed E-state index contributed by atoms with van der Waals surface area (Å²) < 4.78 is 30.5. The summed E-state index contributed by atoms with van der Waals surface area (Å²) in [4.78, 5) is 12.0. The van der Waals surface area contributed by atoms with E-state index < -0.39 is 10.0 Å². The van der Waals surface area contributed by atoms with Crippen molar-refractivity contribution >= 4 is 21.6 Å². The molecule has 0 spiro atoms. The molecular weight excluding hydrogens is 316 g/mol. The fraction of sp³-hybridized carbons (Fsp3) is 0.562. The lowest BCUT2D eigenvalue weighted by Crippen LogP contribution is -2.41. The number of amides is 1. The Kier molecular flexibility index (Phi) is 7.51. The second-order valence-electron chi connectivity index (χ2n) is 5.39. The topological polar surface area (TPSA) is 75.7 Å². The third-order valence-electron chi connectivity index (χ3n) is 3.52. The summed E-state index contributed by atoms with van der Waals surface area (Å²) in [5.74, 6) is -0.326. The second kappa shape index (κ2) is 8.88. The van der Waals surface area contributed by atoms with Gasteiger partial charge in [0.05, 0.1) is 11.9 Å². The number of nitrogens with one attached hydrogen (secondary N) is 1. The monoisotopic (exact) mass is 342 g/mol. The van der Waals surface area contributed by atoms with E-state index in [-0.39, 0.29) is 12.5 Å². The molecule has 0 saturated heterocycles. The Hall–Kier alpha value is -1.60. The van der Waals surface area contributed by atoms with Crippen LogP contribution in [0.4, 0.5) is 5.69 Å². The van der Waals surface area contributed by atoms with Crippen molar-refractivity contribution in [3.05, 3.63) is 29.3 Å². The van der Waals surface area contributed by atoms with Crippen LogP contribution in [0.3, 0.4) is 0 Å². The Balaban J connectivity index is 2.77. The first-order valence-corrected chi connectivity index (χ1v) is 9.50. The predicted octanol–water partition coefficient (Wildman–Crippen LogP) is 1.61. The number of carbonyl (C=O) groups excluding carboxylic acids is 1. The molecule has 0 radical (unpaired) electrons. The molecule has 0 atom stereocenters. The van der Waals surface area contributed by atoms with Crippen molar-refractivity contribution < 1.29 is 17.9 Å². The van der Waals surface area contributed by atoms with Crippen molar-refractivity contribution in [2.75, 3.05) is 36.9 Å². The van der Waals surface area contributed by atoms with E-state index in [0.29, 0.717) is 31.9 Å². The Morgan fingerprint density at radius 2 is 2.00 bits per heavy atom. The third-order valence-corrected chi connectivity index (χ3v) is 4.65. The van der Waals surface area contributed by atoms with Crippen LogP contribution >= 0.6 is 0 Å². The summed E-state index contributed by atoms with van der Waals surface area (Å²) >= 11 is 0. The Morgan fingerprint density at radius 1 is 1.30 bits per heavy atom. The largest absolute Gasteiger partial charge is 0.382 e. The molecule has 0 aliphatic rings. The van der Waals surface area contributed by atoms with Gasteiger partial charge in [0.1, 0.15) is 6.54 Å². The van der Waals surface area contributed by atoms with Crippen molar-refractivity contribution in [3.8, 4) is 0 Å². The van der Waals surface area contributed by atoms with Crippen LogP contribution in [0.15, 0.2) is 18.2 Å². The summed E-state index contributed by atoms with van der Waals surface area (Å²) in [6.07, 6.45) is 1.80. The Bertz CT molecular complexity index is 629.